The highest BCUT2D eigenvalue weighted by atomic mass is 35.5. The topological polar surface area (TPSA) is 41.1 Å². The molecule has 1 aromatic carbocycles. The fourth-order valence-electron chi connectivity index (χ4n) is 2.79. The third-order valence-corrected chi connectivity index (χ3v) is 4.27. The fraction of sp³-hybridized carbons (Fsp3) is 0.533. The number of hydrogen-bond donors (Lipinski definition) is 2. The number of carbonyl (C=O) groups excluding carboxylic acids is 1. The maximum absolute atomic E-state index is 13.1. The fourth-order valence-corrected chi connectivity index (χ4v) is 2.79. The Balaban J connectivity index is 0.00000161. The molecule has 0 aromatic heterocycles. The monoisotopic (exact) mass is 316 g/mol. The Morgan fingerprint density at radius 2 is 1.95 bits per heavy atom. The number of hydrogen-bond acceptors (Lipinski definition) is 2. The van der Waals surface area contributed by atoms with Crippen LogP contribution in [0.4, 0.5) is 8.78 Å². The third kappa shape index (κ3) is 3.52. The Hall–Kier alpha value is -1.20. The van der Waals surface area contributed by atoms with Gasteiger partial charge in [0.15, 0.2) is 0 Å². The van der Waals surface area contributed by atoms with Gasteiger partial charge in [-0.05, 0) is 18.4 Å². The lowest BCUT2D eigenvalue weighted by Crippen LogP contribution is -2.43. The summed E-state index contributed by atoms with van der Waals surface area (Å²) in [6.45, 7) is 0.120. The quantitative estimate of drug-likeness (QED) is 0.894. The van der Waals surface area contributed by atoms with E-state index in [1.165, 1.54) is 5.56 Å². The van der Waals surface area contributed by atoms with Crippen LogP contribution in [0, 0.1) is 0 Å². The average molecular weight is 317 g/mol. The molecule has 1 aliphatic heterocycles. The van der Waals surface area contributed by atoms with Crippen molar-refractivity contribution in [1.82, 2.24) is 10.6 Å². The number of rotatable bonds is 4. The molecule has 0 spiro atoms. The van der Waals surface area contributed by atoms with E-state index < -0.39 is 24.9 Å². The molecule has 1 saturated heterocycles. The first-order valence-electron chi connectivity index (χ1n) is 6.95. The van der Waals surface area contributed by atoms with Crippen molar-refractivity contribution in [1.29, 1.82) is 0 Å². The van der Waals surface area contributed by atoms with Crippen LogP contribution in [-0.4, -0.2) is 31.0 Å². The lowest BCUT2D eigenvalue weighted by atomic mass is 9.96. The maximum Gasteiger partial charge on any atom is 0.262 e. The molecular weight excluding hydrogens is 298 g/mol. The van der Waals surface area contributed by atoms with E-state index in [4.69, 9.17) is 0 Å². The van der Waals surface area contributed by atoms with E-state index in [-0.39, 0.29) is 23.7 Å². The molecule has 1 saturated carbocycles. The zero-order valence-corrected chi connectivity index (χ0v) is 12.4. The molecule has 2 N–H and O–H groups in total. The molecule has 3 rings (SSSR count). The van der Waals surface area contributed by atoms with Crippen molar-refractivity contribution in [2.75, 3.05) is 13.1 Å². The van der Waals surface area contributed by atoms with Crippen molar-refractivity contribution in [3.63, 3.8) is 0 Å². The summed E-state index contributed by atoms with van der Waals surface area (Å²) in [5.41, 5.74) is 1.22. The Labute approximate surface area is 128 Å². The largest absolute Gasteiger partial charge is 0.354 e. The van der Waals surface area contributed by atoms with Gasteiger partial charge < -0.3 is 5.32 Å². The van der Waals surface area contributed by atoms with Crippen molar-refractivity contribution in [3.05, 3.63) is 35.9 Å². The van der Waals surface area contributed by atoms with Gasteiger partial charge in [0.25, 0.3) is 5.92 Å². The Bertz CT molecular complexity index is 506. The summed E-state index contributed by atoms with van der Waals surface area (Å²) >= 11 is 0. The number of amides is 1. The minimum atomic E-state index is -2.77. The molecule has 3 nitrogen and oxygen atoms in total. The number of halogens is 3. The molecule has 1 aromatic rings. The van der Waals surface area contributed by atoms with Crippen molar-refractivity contribution in [3.8, 4) is 0 Å². The zero-order chi connectivity index (χ0) is 14.2. The number of carbonyl (C=O) groups is 1. The van der Waals surface area contributed by atoms with Crippen LogP contribution >= 0.6 is 12.4 Å². The lowest BCUT2D eigenvalue weighted by molar-refractivity contribution is -0.123. The van der Waals surface area contributed by atoms with E-state index in [0.717, 1.165) is 12.8 Å². The molecular formula is C15H19ClF2N2O. The van der Waals surface area contributed by atoms with Crippen molar-refractivity contribution >= 4 is 18.3 Å². The van der Waals surface area contributed by atoms with Gasteiger partial charge in [0.1, 0.15) is 0 Å². The first-order chi connectivity index (χ1) is 9.51. The molecule has 2 fully saturated rings. The zero-order valence-electron chi connectivity index (χ0n) is 11.6. The summed E-state index contributed by atoms with van der Waals surface area (Å²) in [5, 5.41) is 5.41. The summed E-state index contributed by atoms with van der Waals surface area (Å²) in [5.74, 6) is -3.08. The normalized spacial score (nSPS) is 25.0. The molecule has 1 amide bonds. The van der Waals surface area contributed by atoms with Crippen LogP contribution in [0.5, 0.6) is 0 Å². The molecule has 6 heteroatoms. The molecule has 1 aliphatic carbocycles. The van der Waals surface area contributed by atoms with Gasteiger partial charge in [-0.15, -0.1) is 12.4 Å². The summed E-state index contributed by atoms with van der Waals surface area (Å²) in [6, 6.07) is 9.27. The highest BCUT2D eigenvalue weighted by Gasteiger charge is 2.46. The van der Waals surface area contributed by atoms with E-state index in [2.05, 4.69) is 22.8 Å². The summed E-state index contributed by atoms with van der Waals surface area (Å²) in [7, 11) is 0. The van der Waals surface area contributed by atoms with Crippen LogP contribution in [0.15, 0.2) is 30.3 Å². The van der Waals surface area contributed by atoms with E-state index >= 15 is 0 Å². The van der Waals surface area contributed by atoms with Crippen molar-refractivity contribution < 1.29 is 13.6 Å². The number of benzene rings is 1. The van der Waals surface area contributed by atoms with E-state index in [0.29, 0.717) is 6.54 Å². The minimum absolute atomic E-state index is 0. The molecule has 116 valence electrons. The van der Waals surface area contributed by atoms with Crippen LogP contribution in [0.2, 0.25) is 0 Å². The number of alkyl halides is 2. The lowest BCUT2D eigenvalue weighted by Gasteiger charge is -2.18. The molecule has 0 radical (unpaired) electrons. The second kappa shape index (κ2) is 5.89. The Kier molecular flexibility index (Phi) is 4.54. The molecule has 1 heterocycles. The average Bonchev–Trinajstić information content (AvgIpc) is 3.15. The second-order valence-electron chi connectivity index (χ2n) is 5.86. The summed E-state index contributed by atoms with van der Waals surface area (Å²) in [6.07, 6.45) is 1.66. The first kappa shape index (κ1) is 16.2. The molecule has 2 aliphatic rings. The van der Waals surface area contributed by atoms with Gasteiger partial charge in [0.2, 0.25) is 5.91 Å². The summed E-state index contributed by atoms with van der Waals surface area (Å²) < 4.78 is 26.1. The van der Waals surface area contributed by atoms with Crippen molar-refractivity contribution in [2.45, 2.75) is 36.6 Å². The predicted molar refractivity (Wildman–Crippen MR) is 79.0 cm³/mol. The highest BCUT2D eigenvalue weighted by molar-refractivity contribution is 5.85. The Morgan fingerprint density at radius 1 is 1.29 bits per heavy atom. The standard InChI is InChI=1S/C15H18F2N2O.ClH/c16-15(17)8-12(18-10-15)13(20)19-9-14(6-7-14)11-4-2-1-3-5-11;/h1-5,12,18H,6-10H2,(H,19,20);1H. The third-order valence-electron chi connectivity index (χ3n) is 4.27. The second-order valence-corrected chi connectivity index (χ2v) is 5.86. The van der Waals surface area contributed by atoms with E-state index in [1.807, 2.05) is 18.2 Å². The molecule has 0 bridgehead atoms. The van der Waals surface area contributed by atoms with Gasteiger partial charge in [0, 0.05) is 18.4 Å². The predicted octanol–water partition coefficient (Wildman–Crippen LogP) is 2.25. The smallest absolute Gasteiger partial charge is 0.262 e. The highest BCUT2D eigenvalue weighted by Crippen LogP contribution is 2.47. The van der Waals surface area contributed by atoms with Gasteiger partial charge >= 0.3 is 0 Å². The number of nitrogens with one attached hydrogen (secondary N) is 2. The van der Waals surface area contributed by atoms with E-state index in [1.54, 1.807) is 0 Å². The van der Waals surface area contributed by atoms with Gasteiger partial charge in [-0.25, -0.2) is 8.78 Å². The molecule has 1 atom stereocenters. The van der Waals surface area contributed by atoms with Crippen LogP contribution in [0.3, 0.4) is 0 Å². The van der Waals surface area contributed by atoms with Crippen LogP contribution in [0.1, 0.15) is 24.8 Å². The van der Waals surface area contributed by atoms with Gasteiger partial charge in [-0.2, -0.15) is 0 Å². The van der Waals surface area contributed by atoms with Crippen LogP contribution in [-0.2, 0) is 10.2 Å². The Morgan fingerprint density at radius 3 is 2.48 bits per heavy atom. The van der Waals surface area contributed by atoms with Gasteiger partial charge in [-0.3, -0.25) is 10.1 Å². The van der Waals surface area contributed by atoms with Gasteiger partial charge in [0.05, 0.1) is 12.6 Å². The van der Waals surface area contributed by atoms with Crippen molar-refractivity contribution in [2.24, 2.45) is 0 Å². The van der Waals surface area contributed by atoms with E-state index in [9.17, 15) is 13.6 Å². The minimum Gasteiger partial charge on any atom is -0.354 e. The SMILES string of the molecule is Cl.O=C(NCC1(c2ccccc2)CC1)C1CC(F)(F)CN1. The van der Waals surface area contributed by atoms with Crippen LogP contribution < -0.4 is 10.6 Å². The maximum atomic E-state index is 13.1. The van der Waals surface area contributed by atoms with Crippen LogP contribution in [0.25, 0.3) is 0 Å². The molecule has 1 unspecified atom stereocenters. The van der Waals surface area contributed by atoms with Gasteiger partial charge in [-0.1, -0.05) is 30.3 Å². The molecule has 21 heavy (non-hydrogen) atoms. The summed E-state index contributed by atoms with van der Waals surface area (Å²) in [4.78, 5) is 11.9. The first-order valence-corrected chi connectivity index (χ1v) is 6.95.